The molecule has 0 amide bonds. The lowest BCUT2D eigenvalue weighted by Crippen LogP contribution is -2.63. The molecule has 5 N–H and O–H groups in total. The summed E-state index contributed by atoms with van der Waals surface area (Å²) < 4.78 is 19.1. The van der Waals surface area contributed by atoms with Gasteiger partial charge in [0.1, 0.15) is 5.60 Å². The van der Waals surface area contributed by atoms with Crippen LogP contribution in [0.1, 0.15) is 162 Å². The summed E-state index contributed by atoms with van der Waals surface area (Å²) in [5.74, 6) is 7.91. The largest absolute Gasteiger partial charge is 0.481 e. The quantitative estimate of drug-likeness (QED) is 0.0708. The van der Waals surface area contributed by atoms with Crippen molar-refractivity contribution in [1.29, 1.82) is 0 Å². The third kappa shape index (κ3) is 9.15. The summed E-state index contributed by atoms with van der Waals surface area (Å²) in [5, 5.41) is 33.9. The Labute approximate surface area is 418 Å². The number of rotatable bonds is 16. The number of carboxylic acids is 1. The minimum Gasteiger partial charge on any atom is -0.481 e. The zero-order valence-electron chi connectivity index (χ0n) is 43.2. The summed E-state index contributed by atoms with van der Waals surface area (Å²) in [4.78, 5) is 39.0. The average Bonchev–Trinajstić information content (AvgIpc) is 3.83. The van der Waals surface area contributed by atoms with Gasteiger partial charge in [0.05, 0.1) is 24.9 Å². The highest BCUT2D eigenvalue weighted by atomic mass is 16.7. The molecule has 384 valence electrons. The average molecular weight is 965 g/mol. The first-order valence-electron chi connectivity index (χ1n) is 27.4. The summed E-state index contributed by atoms with van der Waals surface area (Å²) in [7, 11) is 2.14. The van der Waals surface area contributed by atoms with Crippen molar-refractivity contribution in [2.45, 2.75) is 180 Å². The van der Waals surface area contributed by atoms with Gasteiger partial charge in [0, 0.05) is 49.9 Å². The number of hydrogen-bond acceptors (Lipinski definition) is 10. The molecule has 16 atom stereocenters. The number of aliphatic hydroxyl groups excluding tert-OH is 1. The highest BCUT2D eigenvalue weighted by molar-refractivity contribution is 5.93. The zero-order valence-corrected chi connectivity index (χ0v) is 43.2. The Kier molecular flexibility index (Phi) is 15.0. The third-order valence-corrected chi connectivity index (χ3v) is 21.1. The Bertz CT molecular complexity index is 2250. The summed E-state index contributed by atoms with van der Waals surface area (Å²) in [6, 6.07) is 9.08. The molecule has 0 aromatic heterocycles. The maximum Gasteiger partial charge on any atom is 0.307 e. The van der Waals surface area contributed by atoms with Crippen molar-refractivity contribution in [3.05, 3.63) is 52.6 Å². The summed E-state index contributed by atoms with van der Waals surface area (Å²) in [6.07, 6.45) is 15.3. The number of nitrogens with two attached hydrogens (primary N) is 1. The number of aliphatic hydroxyl groups is 2. The zero-order chi connectivity index (χ0) is 49.8. The van der Waals surface area contributed by atoms with Gasteiger partial charge in [0.15, 0.2) is 12.6 Å². The van der Waals surface area contributed by atoms with Crippen LogP contribution >= 0.6 is 0 Å². The van der Waals surface area contributed by atoms with E-state index in [4.69, 9.17) is 19.9 Å². The van der Waals surface area contributed by atoms with E-state index in [1.54, 1.807) is 0 Å². The fourth-order valence-corrected chi connectivity index (χ4v) is 17.3. The van der Waals surface area contributed by atoms with Crippen molar-refractivity contribution in [3.63, 3.8) is 0 Å². The topological polar surface area (TPSA) is 169 Å². The van der Waals surface area contributed by atoms with E-state index in [2.05, 4.69) is 75.7 Å². The number of benzene rings is 1. The van der Waals surface area contributed by atoms with Crippen molar-refractivity contribution in [1.82, 2.24) is 0 Å². The van der Waals surface area contributed by atoms with Crippen LogP contribution in [0.25, 0.3) is 0 Å². The molecule has 9 rings (SSSR count). The minimum atomic E-state index is -1.00. The van der Waals surface area contributed by atoms with Crippen molar-refractivity contribution >= 4 is 23.4 Å². The lowest BCUT2D eigenvalue weighted by Gasteiger charge is -2.64. The first-order chi connectivity index (χ1) is 33.4. The van der Waals surface area contributed by atoms with Gasteiger partial charge in [-0.05, 0) is 203 Å². The standard InChI is InChI=1S/C59H84N2O9/c1-7-24-59(67)26-23-47-44-17-13-38-30-41(62)16-18-43(38)54(44)45(34-57(47,59)4)37-11-14-40(15-12-37)61(6)28-29-68-42-22-25-56(3)39(31-42)32-50(69-35-70-53(66)9-8-27-60)55-48-20-19-46(36(2)10-21-52(64)65)58(48,5)51(63)33-49(55)56/h11-12,14-15,30,36,39,42,44-51,55,63,67H,8-10,13,16-23,25-29,31-35,60H2,1-6H3,(H,64,65)/t36-,39+,42+,44+,45-,46-,47+,48+,49+,50-,51+,55+,56+,57+,58-,59-/m1/s1. The minimum absolute atomic E-state index is 0.00719. The van der Waals surface area contributed by atoms with Gasteiger partial charge in [0.2, 0.25) is 0 Å². The maximum absolute atomic E-state index is 12.6. The molecule has 8 aliphatic rings. The molecule has 0 bridgehead atoms. The molecule has 0 saturated heterocycles. The number of carbonyl (C=O) groups excluding carboxylic acids is 2. The van der Waals surface area contributed by atoms with E-state index in [0.717, 1.165) is 82.9 Å². The van der Waals surface area contributed by atoms with Crippen LogP contribution in [0.5, 0.6) is 0 Å². The molecular weight excluding hydrogens is 881 g/mol. The molecule has 8 aliphatic carbocycles. The normalized spacial score (nSPS) is 40.0. The van der Waals surface area contributed by atoms with E-state index in [9.17, 15) is 29.7 Å². The summed E-state index contributed by atoms with van der Waals surface area (Å²) in [5.41, 5.74) is 10.6. The van der Waals surface area contributed by atoms with Gasteiger partial charge in [-0.3, -0.25) is 14.4 Å². The SMILES string of the molecule is CC#C[C@@]1(O)CC[C@H]2[C@@H]3CCC4=CC(=O)CCC4=C3[C@@H](c3ccc(N(C)CCO[C@H]4CC[C@@]5(C)[C@@H](C4)C[C@@H](OCOC(=O)CCCN)[C@@H]4[C@@H]5C[C@H](O)[C@]5(C)[C@@H]([C@H](C)CCC(=O)O)CC[C@@H]45)cc3)C[C@@]21C. The second-order valence-corrected chi connectivity index (χ2v) is 24.2. The molecule has 1 aromatic carbocycles. The smallest absolute Gasteiger partial charge is 0.307 e. The molecule has 70 heavy (non-hydrogen) atoms. The van der Waals surface area contributed by atoms with Crippen molar-refractivity contribution in [2.24, 2.45) is 69.3 Å². The first kappa shape index (κ1) is 51.4. The fourth-order valence-electron chi connectivity index (χ4n) is 17.3. The van der Waals surface area contributed by atoms with Gasteiger partial charge in [-0.2, -0.15) is 0 Å². The van der Waals surface area contributed by atoms with Crippen LogP contribution < -0.4 is 10.6 Å². The van der Waals surface area contributed by atoms with E-state index < -0.39 is 17.7 Å². The number of hydrogen-bond donors (Lipinski definition) is 4. The molecule has 6 fully saturated rings. The molecule has 0 aliphatic heterocycles. The molecule has 6 saturated carbocycles. The van der Waals surface area contributed by atoms with Gasteiger partial charge in [-0.1, -0.05) is 51.3 Å². The fraction of sp³-hybridized carbons (Fsp3) is 0.746. The number of anilines is 1. The van der Waals surface area contributed by atoms with E-state index in [0.29, 0.717) is 63.0 Å². The Balaban J connectivity index is 0.869. The Morgan fingerprint density at radius 3 is 2.47 bits per heavy atom. The van der Waals surface area contributed by atoms with Gasteiger partial charge in [0.25, 0.3) is 0 Å². The molecule has 0 heterocycles. The maximum atomic E-state index is 12.6. The van der Waals surface area contributed by atoms with Gasteiger partial charge < -0.3 is 40.2 Å². The molecular formula is C59H84N2O9. The molecule has 11 nitrogen and oxygen atoms in total. The summed E-state index contributed by atoms with van der Waals surface area (Å²) >= 11 is 0. The lowest BCUT2D eigenvalue weighted by atomic mass is 9.43. The lowest BCUT2D eigenvalue weighted by molar-refractivity contribution is -0.232. The molecule has 1 aromatic rings. The molecule has 0 unspecified atom stereocenters. The van der Waals surface area contributed by atoms with Crippen LogP contribution in [0.2, 0.25) is 0 Å². The summed E-state index contributed by atoms with van der Waals surface area (Å²) in [6.45, 7) is 12.7. The Morgan fingerprint density at radius 2 is 1.73 bits per heavy atom. The molecule has 0 radical (unpaired) electrons. The Hall–Kier alpha value is -3.53. The first-order valence-corrected chi connectivity index (χ1v) is 27.4. The number of aliphatic carboxylic acids is 1. The highest BCUT2D eigenvalue weighted by Gasteiger charge is 2.67. The monoisotopic (exact) mass is 965 g/mol. The number of fused-ring (bicyclic) bond motifs is 9. The van der Waals surface area contributed by atoms with Crippen LogP contribution in [0.3, 0.4) is 0 Å². The number of likely N-dealkylation sites (N-methyl/N-ethyl adjacent to an activating group) is 1. The number of esters is 1. The second kappa shape index (κ2) is 20.4. The van der Waals surface area contributed by atoms with Gasteiger partial charge >= 0.3 is 11.9 Å². The third-order valence-electron chi connectivity index (χ3n) is 21.1. The van der Waals surface area contributed by atoms with Gasteiger partial charge in [-0.25, -0.2) is 0 Å². The highest BCUT2D eigenvalue weighted by Crippen LogP contribution is 2.70. The Morgan fingerprint density at radius 1 is 0.943 bits per heavy atom. The van der Waals surface area contributed by atoms with Crippen molar-refractivity contribution < 1.29 is 43.9 Å². The van der Waals surface area contributed by atoms with Crippen LogP contribution in [-0.2, 0) is 28.6 Å². The second-order valence-electron chi connectivity index (χ2n) is 24.2. The number of ether oxygens (including phenoxy) is 3. The molecule has 0 spiro atoms. The van der Waals surface area contributed by atoms with E-state index in [-0.39, 0.29) is 95.3 Å². The van der Waals surface area contributed by atoms with Crippen molar-refractivity contribution in [3.8, 4) is 11.8 Å². The number of carbonyl (C=O) groups is 3. The number of nitrogens with zero attached hydrogens (tertiary/aromatic N) is 1. The van der Waals surface area contributed by atoms with Crippen molar-refractivity contribution in [2.75, 3.05) is 38.4 Å². The number of ketones is 1. The van der Waals surface area contributed by atoms with E-state index >= 15 is 0 Å². The number of allylic oxidation sites excluding steroid dienone is 4. The predicted molar refractivity (Wildman–Crippen MR) is 270 cm³/mol. The van der Waals surface area contributed by atoms with E-state index in [1.165, 1.54) is 22.3 Å². The van der Waals surface area contributed by atoms with E-state index in [1.807, 2.05) is 13.0 Å². The number of carboxylic acid groups (broad SMARTS) is 1. The van der Waals surface area contributed by atoms with Crippen LogP contribution in [-0.4, -0.2) is 90.5 Å². The predicted octanol–water partition coefficient (Wildman–Crippen LogP) is 9.53. The van der Waals surface area contributed by atoms with Gasteiger partial charge in [-0.15, -0.1) is 5.92 Å². The van der Waals surface area contributed by atoms with Crippen LogP contribution in [0.15, 0.2) is 47.1 Å². The van der Waals surface area contributed by atoms with Crippen LogP contribution in [0.4, 0.5) is 5.69 Å². The molecule has 11 heteroatoms. The van der Waals surface area contributed by atoms with Crippen LogP contribution in [0, 0.1) is 75.4 Å².